The molecular formula is C26H33F3N2O5. The zero-order chi connectivity index (χ0) is 26.5. The van der Waals surface area contributed by atoms with Gasteiger partial charge in [0.05, 0.1) is 6.54 Å². The van der Waals surface area contributed by atoms with Gasteiger partial charge in [0.15, 0.2) is 0 Å². The highest BCUT2D eigenvalue weighted by Crippen LogP contribution is 2.46. The largest absolute Gasteiger partial charge is 0.490 e. The number of carboxylic acid groups (broad SMARTS) is 1. The average Bonchev–Trinajstić information content (AvgIpc) is 3.19. The molecule has 10 heteroatoms. The number of halogens is 3. The van der Waals surface area contributed by atoms with Gasteiger partial charge in [-0.05, 0) is 63.8 Å². The third-order valence-corrected chi connectivity index (χ3v) is 6.37. The van der Waals surface area contributed by atoms with Gasteiger partial charge in [0, 0.05) is 31.5 Å². The Morgan fingerprint density at radius 1 is 1.17 bits per heavy atom. The van der Waals surface area contributed by atoms with E-state index < -0.39 is 12.1 Å². The Morgan fingerprint density at radius 2 is 1.81 bits per heavy atom. The second-order valence-electron chi connectivity index (χ2n) is 9.74. The van der Waals surface area contributed by atoms with Gasteiger partial charge >= 0.3 is 12.1 Å². The number of aryl methyl sites for hydroxylation is 1. The first-order valence-corrected chi connectivity index (χ1v) is 12.0. The van der Waals surface area contributed by atoms with Crippen LogP contribution in [0.3, 0.4) is 0 Å². The molecule has 1 unspecified atom stereocenters. The van der Waals surface area contributed by atoms with Gasteiger partial charge in [0.1, 0.15) is 22.9 Å². The number of piperidine rings is 1. The first kappa shape index (κ1) is 27.6. The van der Waals surface area contributed by atoms with Crippen molar-refractivity contribution in [3.8, 4) is 5.75 Å². The van der Waals surface area contributed by atoms with E-state index in [0.717, 1.165) is 56.2 Å². The van der Waals surface area contributed by atoms with Crippen molar-refractivity contribution in [3.63, 3.8) is 0 Å². The standard InChI is InChI=1S/C24H32N2O3.C2HF3O2/c1-17(2)25-23(27)14-19-15-24(29-22-7-5-4-6-21(19)22)10-12-26(13-11-24)16-20-9-8-18(3)28-20;3-2(4,5)1(6)7/h4-9,17,19H,10-16H2,1-3H3,(H,25,27);(H,6,7). The van der Waals surface area contributed by atoms with Gasteiger partial charge in [0.25, 0.3) is 0 Å². The SMILES string of the molecule is Cc1ccc(CN2CCC3(CC2)CC(CC(=O)NC(C)C)c2ccccc2O3)o1.O=C(O)C(F)(F)F. The highest BCUT2D eigenvalue weighted by atomic mass is 19.4. The number of fused-ring (bicyclic) bond motifs is 1. The van der Waals surface area contributed by atoms with Crippen molar-refractivity contribution < 1.29 is 37.0 Å². The summed E-state index contributed by atoms with van der Waals surface area (Å²) in [7, 11) is 0. The summed E-state index contributed by atoms with van der Waals surface area (Å²) in [4.78, 5) is 23.8. The zero-order valence-electron chi connectivity index (χ0n) is 20.7. The first-order chi connectivity index (χ1) is 16.9. The van der Waals surface area contributed by atoms with Crippen molar-refractivity contribution >= 4 is 11.9 Å². The van der Waals surface area contributed by atoms with E-state index in [1.165, 1.54) is 5.56 Å². The molecule has 2 N–H and O–H groups in total. The van der Waals surface area contributed by atoms with Crippen LogP contribution in [0.2, 0.25) is 0 Å². The first-order valence-electron chi connectivity index (χ1n) is 12.0. The Kier molecular flexibility index (Phi) is 8.71. The summed E-state index contributed by atoms with van der Waals surface area (Å²) in [5, 5.41) is 10.2. The smallest absolute Gasteiger partial charge is 0.487 e. The lowest BCUT2D eigenvalue weighted by Crippen LogP contribution is -2.50. The summed E-state index contributed by atoms with van der Waals surface area (Å²) >= 11 is 0. The number of carbonyl (C=O) groups is 2. The van der Waals surface area contributed by atoms with E-state index in [9.17, 15) is 18.0 Å². The van der Waals surface area contributed by atoms with Gasteiger partial charge < -0.3 is 19.6 Å². The molecule has 0 radical (unpaired) electrons. The summed E-state index contributed by atoms with van der Waals surface area (Å²) in [6, 6.07) is 12.5. The lowest BCUT2D eigenvalue weighted by molar-refractivity contribution is -0.192. The maximum atomic E-state index is 12.5. The van der Waals surface area contributed by atoms with Crippen molar-refractivity contribution in [1.29, 1.82) is 0 Å². The topological polar surface area (TPSA) is 92.0 Å². The third-order valence-electron chi connectivity index (χ3n) is 6.37. The lowest BCUT2D eigenvalue weighted by Gasteiger charge is -2.46. The lowest BCUT2D eigenvalue weighted by atomic mass is 9.76. The van der Waals surface area contributed by atoms with Crippen LogP contribution >= 0.6 is 0 Å². The molecule has 0 bridgehead atoms. The molecule has 4 rings (SSSR count). The number of alkyl halides is 3. The molecule has 1 fully saturated rings. The summed E-state index contributed by atoms with van der Waals surface area (Å²) in [6.45, 7) is 8.80. The fourth-order valence-electron chi connectivity index (χ4n) is 4.75. The van der Waals surface area contributed by atoms with Crippen molar-refractivity contribution in [2.45, 2.75) is 76.7 Å². The van der Waals surface area contributed by atoms with Crippen molar-refractivity contribution in [2.75, 3.05) is 13.1 Å². The number of benzene rings is 1. The number of carboxylic acids is 1. The van der Waals surface area contributed by atoms with Gasteiger partial charge in [0.2, 0.25) is 5.91 Å². The Labute approximate surface area is 208 Å². The minimum atomic E-state index is -5.08. The van der Waals surface area contributed by atoms with Gasteiger partial charge in [-0.1, -0.05) is 18.2 Å². The normalized spacial score (nSPS) is 19.1. The molecule has 1 spiro atoms. The third kappa shape index (κ3) is 7.49. The number of hydrogen-bond acceptors (Lipinski definition) is 5. The monoisotopic (exact) mass is 510 g/mol. The predicted molar refractivity (Wildman–Crippen MR) is 127 cm³/mol. The highest BCUT2D eigenvalue weighted by molar-refractivity contribution is 5.77. The minimum Gasteiger partial charge on any atom is -0.487 e. The van der Waals surface area contributed by atoms with Gasteiger partial charge in [-0.3, -0.25) is 9.69 Å². The molecule has 7 nitrogen and oxygen atoms in total. The zero-order valence-corrected chi connectivity index (χ0v) is 20.7. The minimum absolute atomic E-state index is 0.127. The molecule has 0 saturated carbocycles. The van der Waals surface area contributed by atoms with Crippen molar-refractivity contribution in [1.82, 2.24) is 10.2 Å². The average molecular weight is 511 g/mol. The molecule has 2 aliphatic heterocycles. The number of nitrogens with one attached hydrogen (secondary N) is 1. The van der Waals surface area contributed by atoms with E-state index in [4.69, 9.17) is 19.1 Å². The van der Waals surface area contributed by atoms with Crippen LogP contribution in [0.1, 0.15) is 62.5 Å². The summed E-state index contributed by atoms with van der Waals surface area (Å²) in [5.74, 6) is 0.518. The Balaban J connectivity index is 0.000000454. The van der Waals surface area contributed by atoms with Gasteiger partial charge in [-0.2, -0.15) is 13.2 Å². The summed E-state index contributed by atoms with van der Waals surface area (Å²) < 4.78 is 44.1. The van der Waals surface area contributed by atoms with E-state index in [-0.39, 0.29) is 23.5 Å². The van der Waals surface area contributed by atoms with Crippen LogP contribution in [0, 0.1) is 6.92 Å². The summed E-state index contributed by atoms with van der Waals surface area (Å²) in [5.41, 5.74) is 0.998. The fourth-order valence-corrected chi connectivity index (χ4v) is 4.75. The van der Waals surface area contributed by atoms with E-state index >= 15 is 0 Å². The molecule has 2 aliphatic rings. The fraction of sp³-hybridized carbons (Fsp3) is 0.538. The Bertz CT molecular complexity index is 1040. The predicted octanol–water partition coefficient (Wildman–Crippen LogP) is 5.04. The molecule has 2 aromatic rings. The number of aliphatic carboxylic acids is 1. The van der Waals surface area contributed by atoms with Crippen LogP contribution < -0.4 is 10.1 Å². The molecule has 198 valence electrons. The number of rotatable bonds is 5. The number of likely N-dealkylation sites (tertiary alicyclic amines) is 1. The van der Waals surface area contributed by atoms with Crippen LogP contribution in [0.15, 0.2) is 40.8 Å². The number of nitrogens with zero attached hydrogens (tertiary/aromatic N) is 1. The maximum absolute atomic E-state index is 12.5. The molecular weight excluding hydrogens is 477 g/mol. The van der Waals surface area contributed by atoms with Crippen molar-refractivity contribution in [2.24, 2.45) is 0 Å². The van der Waals surface area contributed by atoms with Crippen LogP contribution in [0.25, 0.3) is 0 Å². The van der Waals surface area contributed by atoms with Crippen LogP contribution in [0.4, 0.5) is 13.2 Å². The second-order valence-corrected chi connectivity index (χ2v) is 9.74. The van der Waals surface area contributed by atoms with Crippen molar-refractivity contribution in [3.05, 3.63) is 53.5 Å². The number of hydrogen-bond donors (Lipinski definition) is 2. The van der Waals surface area contributed by atoms with E-state index in [1.54, 1.807) is 0 Å². The van der Waals surface area contributed by atoms with E-state index in [0.29, 0.717) is 6.42 Å². The number of para-hydroxylation sites is 1. The van der Waals surface area contributed by atoms with E-state index in [2.05, 4.69) is 28.4 Å². The van der Waals surface area contributed by atoms with Crippen LogP contribution in [0.5, 0.6) is 5.75 Å². The maximum Gasteiger partial charge on any atom is 0.490 e. The molecule has 1 atom stereocenters. The molecule has 1 aromatic carbocycles. The van der Waals surface area contributed by atoms with E-state index in [1.807, 2.05) is 39.0 Å². The van der Waals surface area contributed by atoms with Crippen LogP contribution in [-0.4, -0.2) is 52.8 Å². The molecule has 1 saturated heterocycles. The molecule has 1 amide bonds. The quantitative estimate of drug-likeness (QED) is 0.586. The number of amides is 1. The molecule has 0 aliphatic carbocycles. The second kappa shape index (κ2) is 11.4. The summed E-state index contributed by atoms with van der Waals surface area (Å²) in [6.07, 6.45) is -1.70. The van der Waals surface area contributed by atoms with Gasteiger partial charge in [-0.15, -0.1) is 0 Å². The number of furan rings is 1. The number of carbonyl (C=O) groups excluding carboxylic acids is 1. The van der Waals surface area contributed by atoms with Crippen LogP contribution in [-0.2, 0) is 16.1 Å². The Hall–Kier alpha value is -3.01. The molecule has 36 heavy (non-hydrogen) atoms. The van der Waals surface area contributed by atoms with Gasteiger partial charge in [-0.25, -0.2) is 4.79 Å². The Morgan fingerprint density at radius 3 is 2.36 bits per heavy atom. The molecule has 1 aromatic heterocycles. The number of ether oxygens (including phenoxy) is 1. The highest BCUT2D eigenvalue weighted by Gasteiger charge is 2.43. The molecule has 3 heterocycles.